The number of rotatable bonds is 3. The number of hydrogen-bond acceptors (Lipinski definition) is 5. The Kier molecular flexibility index (Phi) is 5.67. The number of likely N-dealkylation sites (N-methyl/N-ethyl adjacent to an activating group) is 1. The van der Waals surface area contributed by atoms with E-state index in [0.717, 1.165) is 31.9 Å². The molecule has 1 N–H and O–H groups in total. The van der Waals surface area contributed by atoms with Crippen LogP contribution in [0.4, 0.5) is 5.69 Å². The summed E-state index contributed by atoms with van der Waals surface area (Å²) in [6, 6.07) is 12.2. The molecule has 0 spiro atoms. The van der Waals surface area contributed by atoms with Gasteiger partial charge in [-0.3, -0.25) is 5.10 Å². The molecule has 6 nitrogen and oxygen atoms in total. The van der Waals surface area contributed by atoms with E-state index in [1.165, 1.54) is 6.07 Å². The second-order valence-electron chi connectivity index (χ2n) is 6.48. The van der Waals surface area contributed by atoms with Gasteiger partial charge < -0.3 is 9.80 Å². The minimum Gasteiger partial charge on any atom is -0.369 e. The third kappa shape index (κ3) is 3.65. The van der Waals surface area contributed by atoms with Crippen molar-refractivity contribution in [1.29, 1.82) is 0 Å². The van der Waals surface area contributed by atoms with Crippen molar-refractivity contribution in [3.05, 3.63) is 47.5 Å². The lowest BCUT2D eigenvalue weighted by Crippen LogP contribution is -2.44. The fourth-order valence-electron chi connectivity index (χ4n) is 3.21. The maximum atomic E-state index is 13.1. The van der Waals surface area contributed by atoms with Gasteiger partial charge in [0.1, 0.15) is 0 Å². The normalized spacial score (nSPS) is 15.7. The average Bonchev–Trinajstić information content (AvgIpc) is 3.06. The van der Waals surface area contributed by atoms with E-state index in [4.69, 9.17) is 11.6 Å². The Labute approximate surface area is 169 Å². The number of H-pyrrole nitrogens is 1. The number of fused-ring (bicyclic) bond motifs is 1. The van der Waals surface area contributed by atoms with Crippen LogP contribution in [0.1, 0.15) is 0 Å². The van der Waals surface area contributed by atoms with Crippen molar-refractivity contribution < 1.29 is 8.42 Å². The smallest absolute Gasteiger partial charge is 0.225 e. The molecule has 0 atom stereocenters. The summed E-state index contributed by atoms with van der Waals surface area (Å²) in [4.78, 5) is 4.62. The molecule has 3 aromatic rings. The summed E-state index contributed by atoms with van der Waals surface area (Å²) in [5, 5.41) is 7.72. The Morgan fingerprint density at radius 3 is 2.48 bits per heavy atom. The lowest BCUT2D eigenvalue weighted by molar-refractivity contribution is 0.313. The number of aromatic nitrogens is 2. The van der Waals surface area contributed by atoms with Crippen molar-refractivity contribution in [2.75, 3.05) is 38.1 Å². The van der Waals surface area contributed by atoms with Gasteiger partial charge in [0.25, 0.3) is 0 Å². The Balaban J connectivity index is 0.00000210. The summed E-state index contributed by atoms with van der Waals surface area (Å²) in [5.41, 5.74) is 1.62. The van der Waals surface area contributed by atoms with Crippen LogP contribution in [0.15, 0.2) is 52.4 Å². The molecule has 1 saturated heterocycles. The van der Waals surface area contributed by atoms with E-state index >= 15 is 0 Å². The quantitative estimate of drug-likeness (QED) is 0.695. The standard InChI is InChI=1S/C18H19ClN4O2S.ClH/c1-22-8-10-23(11-9-22)13-6-7-16-14(12-13)18(21-20-16)26(24,25)17-5-3-2-4-15(17)19;/h2-7,12H,8-11H2,1H3,(H,20,21);1H. The molecule has 27 heavy (non-hydrogen) atoms. The summed E-state index contributed by atoms with van der Waals surface area (Å²) in [6.45, 7) is 3.78. The van der Waals surface area contributed by atoms with Crippen LogP contribution >= 0.6 is 24.0 Å². The summed E-state index contributed by atoms with van der Waals surface area (Å²) in [7, 11) is -1.68. The van der Waals surface area contributed by atoms with E-state index in [9.17, 15) is 8.42 Å². The second kappa shape index (κ2) is 7.67. The van der Waals surface area contributed by atoms with Crippen LogP contribution in [0.3, 0.4) is 0 Å². The number of hydrogen-bond donors (Lipinski definition) is 1. The Morgan fingerprint density at radius 1 is 1.07 bits per heavy atom. The minimum absolute atomic E-state index is 0. The van der Waals surface area contributed by atoms with Crippen LogP contribution in [-0.2, 0) is 9.84 Å². The van der Waals surface area contributed by atoms with E-state index in [2.05, 4.69) is 27.0 Å². The molecular weight excluding hydrogens is 407 g/mol. The Hall–Kier alpha value is -1.80. The molecule has 0 bridgehead atoms. The van der Waals surface area contributed by atoms with Gasteiger partial charge in [-0.05, 0) is 37.4 Å². The van der Waals surface area contributed by atoms with Crippen molar-refractivity contribution in [1.82, 2.24) is 15.1 Å². The molecule has 9 heteroatoms. The van der Waals surface area contributed by atoms with Gasteiger partial charge >= 0.3 is 0 Å². The average molecular weight is 427 g/mol. The maximum Gasteiger partial charge on any atom is 0.225 e. The van der Waals surface area contributed by atoms with Crippen molar-refractivity contribution >= 4 is 50.4 Å². The lowest BCUT2D eigenvalue weighted by atomic mass is 10.2. The highest BCUT2D eigenvalue weighted by molar-refractivity contribution is 7.91. The van der Waals surface area contributed by atoms with Crippen LogP contribution in [0.5, 0.6) is 0 Å². The van der Waals surface area contributed by atoms with E-state index in [0.29, 0.717) is 10.9 Å². The Morgan fingerprint density at radius 2 is 1.78 bits per heavy atom. The zero-order valence-corrected chi connectivity index (χ0v) is 17.1. The molecule has 0 radical (unpaired) electrons. The maximum absolute atomic E-state index is 13.1. The van der Waals surface area contributed by atoms with E-state index in [1.54, 1.807) is 18.2 Å². The molecule has 0 saturated carbocycles. The van der Waals surface area contributed by atoms with Gasteiger partial charge in [-0.25, -0.2) is 8.42 Å². The zero-order chi connectivity index (χ0) is 18.3. The van der Waals surface area contributed by atoms with Crippen LogP contribution in [0.25, 0.3) is 10.9 Å². The number of nitrogens with one attached hydrogen (secondary N) is 1. The predicted octanol–water partition coefficient (Wildman–Crippen LogP) is 3.22. The largest absolute Gasteiger partial charge is 0.369 e. The van der Waals surface area contributed by atoms with E-state index < -0.39 is 9.84 Å². The lowest BCUT2D eigenvalue weighted by Gasteiger charge is -2.34. The SMILES string of the molecule is CN1CCN(c2ccc3n[nH]c(S(=O)(=O)c4ccccc4Cl)c3c2)CC1.Cl. The van der Waals surface area contributed by atoms with Gasteiger partial charge in [-0.2, -0.15) is 5.10 Å². The minimum atomic E-state index is -3.79. The molecule has 2 heterocycles. The molecule has 144 valence electrons. The second-order valence-corrected chi connectivity index (χ2v) is 8.74. The molecule has 1 aliphatic heterocycles. The van der Waals surface area contributed by atoms with Gasteiger partial charge in [0.2, 0.25) is 9.84 Å². The number of anilines is 1. The predicted molar refractivity (Wildman–Crippen MR) is 110 cm³/mol. The molecular formula is C18H20Cl2N4O2S. The summed E-state index contributed by atoms with van der Waals surface area (Å²) >= 11 is 6.12. The molecule has 1 fully saturated rings. The number of nitrogens with zero attached hydrogens (tertiary/aromatic N) is 3. The molecule has 1 aliphatic rings. The summed E-state index contributed by atoms with van der Waals surface area (Å²) in [6.07, 6.45) is 0. The first-order chi connectivity index (χ1) is 12.5. The van der Waals surface area contributed by atoms with E-state index in [-0.39, 0.29) is 27.4 Å². The van der Waals surface area contributed by atoms with Crippen molar-refractivity contribution in [2.24, 2.45) is 0 Å². The first-order valence-corrected chi connectivity index (χ1v) is 10.2. The van der Waals surface area contributed by atoms with Crippen LogP contribution in [0, 0.1) is 0 Å². The van der Waals surface area contributed by atoms with Gasteiger partial charge in [0.05, 0.1) is 15.4 Å². The summed E-state index contributed by atoms with van der Waals surface area (Å²) < 4.78 is 26.2. The number of piperazine rings is 1. The number of benzene rings is 2. The van der Waals surface area contributed by atoms with Gasteiger partial charge in [0, 0.05) is 37.3 Å². The summed E-state index contributed by atoms with van der Waals surface area (Å²) in [5.74, 6) is 0. The molecule has 0 unspecified atom stereocenters. The molecule has 4 rings (SSSR count). The fraction of sp³-hybridized carbons (Fsp3) is 0.278. The highest BCUT2D eigenvalue weighted by Crippen LogP contribution is 2.32. The van der Waals surface area contributed by atoms with Crippen LogP contribution < -0.4 is 4.90 Å². The molecule has 1 aromatic heterocycles. The van der Waals surface area contributed by atoms with Gasteiger partial charge in [-0.1, -0.05) is 23.7 Å². The fourth-order valence-corrected chi connectivity index (χ4v) is 5.08. The highest BCUT2D eigenvalue weighted by atomic mass is 35.5. The van der Waals surface area contributed by atoms with Crippen molar-refractivity contribution in [2.45, 2.75) is 9.92 Å². The first kappa shape index (κ1) is 19.9. The number of halogens is 2. The number of aromatic amines is 1. The topological polar surface area (TPSA) is 69.3 Å². The highest BCUT2D eigenvalue weighted by Gasteiger charge is 2.26. The third-order valence-electron chi connectivity index (χ3n) is 4.77. The molecule has 0 aliphatic carbocycles. The van der Waals surface area contributed by atoms with Gasteiger partial charge in [-0.15, -0.1) is 12.4 Å². The van der Waals surface area contributed by atoms with Crippen molar-refractivity contribution in [3.8, 4) is 0 Å². The monoisotopic (exact) mass is 426 g/mol. The first-order valence-electron chi connectivity index (χ1n) is 8.38. The van der Waals surface area contributed by atoms with Crippen LogP contribution in [0.2, 0.25) is 5.02 Å². The Bertz CT molecular complexity index is 1060. The third-order valence-corrected chi connectivity index (χ3v) is 6.99. The van der Waals surface area contributed by atoms with E-state index in [1.807, 2.05) is 18.2 Å². The molecule has 0 amide bonds. The number of sulfone groups is 1. The zero-order valence-electron chi connectivity index (χ0n) is 14.7. The van der Waals surface area contributed by atoms with Crippen LogP contribution in [-0.4, -0.2) is 56.7 Å². The van der Waals surface area contributed by atoms with Crippen molar-refractivity contribution in [3.63, 3.8) is 0 Å². The molecule has 2 aromatic carbocycles. The van der Waals surface area contributed by atoms with Gasteiger partial charge in [0.15, 0.2) is 5.03 Å².